The molecule has 0 aliphatic carbocycles. The van der Waals surface area contributed by atoms with Gasteiger partial charge in [-0.3, -0.25) is 15.0 Å². The molecular weight excluding hydrogens is 426 g/mol. The molecule has 0 saturated heterocycles. The zero-order chi connectivity index (χ0) is 23.5. The van der Waals surface area contributed by atoms with E-state index in [2.05, 4.69) is 97.7 Å². The maximum absolute atomic E-state index is 4.96. The van der Waals surface area contributed by atoms with Gasteiger partial charge in [0.2, 0.25) is 0 Å². The molecule has 0 saturated carbocycles. The van der Waals surface area contributed by atoms with Gasteiger partial charge in [-0.2, -0.15) is 0 Å². The number of nitrogens with zero attached hydrogens (tertiary/aromatic N) is 3. The van der Waals surface area contributed by atoms with Gasteiger partial charge >= 0.3 is 0 Å². The summed E-state index contributed by atoms with van der Waals surface area (Å²) in [4.78, 5) is 14.5. The van der Waals surface area contributed by atoms with Gasteiger partial charge in [0.25, 0.3) is 0 Å². The molecule has 0 radical (unpaired) electrons. The highest BCUT2D eigenvalue weighted by Crippen LogP contribution is 2.36. The van der Waals surface area contributed by atoms with Crippen LogP contribution in [0.3, 0.4) is 0 Å². The lowest BCUT2D eigenvalue weighted by molar-refractivity contribution is 1.34. The van der Waals surface area contributed by atoms with E-state index in [1.807, 2.05) is 0 Å². The Bertz CT molecular complexity index is 1620. The molecule has 3 heterocycles. The van der Waals surface area contributed by atoms with Gasteiger partial charge in [0, 0.05) is 25.0 Å². The molecule has 7 rings (SSSR count). The highest BCUT2D eigenvalue weighted by atomic mass is 14.8. The van der Waals surface area contributed by atoms with Gasteiger partial charge in [0.05, 0.1) is 28.5 Å². The Balaban J connectivity index is 1.10. The molecule has 3 aliphatic rings. The molecule has 0 bridgehead atoms. The fourth-order valence-electron chi connectivity index (χ4n) is 5.44. The minimum Gasteiger partial charge on any atom is -0.257 e. The van der Waals surface area contributed by atoms with Crippen LogP contribution in [0.4, 0.5) is 17.1 Å². The molecule has 3 heteroatoms. The lowest BCUT2D eigenvalue weighted by atomic mass is 9.96. The van der Waals surface area contributed by atoms with Crippen LogP contribution in [0, 0.1) is 6.92 Å². The topological polar surface area (TPSA) is 37.1 Å². The SMILES string of the molecule is CC1=Nc2ccc(-c3ccc4c(c3)CC(c3ccc(C5=Nc6ccc(C)cc6C5)cc3)=N4)cc2C1. The average molecular weight is 452 g/mol. The van der Waals surface area contributed by atoms with Crippen molar-refractivity contribution in [2.24, 2.45) is 15.0 Å². The normalized spacial score (nSPS) is 15.3. The number of aliphatic imine (C=N–C) groups is 3. The van der Waals surface area contributed by atoms with Crippen LogP contribution in [0.5, 0.6) is 0 Å². The van der Waals surface area contributed by atoms with E-state index in [1.165, 1.54) is 50.2 Å². The summed E-state index contributed by atoms with van der Waals surface area (Å²) in [6, 6.07) is 28.6. The molecule has 0 aromatic heterocycles. The van der Waals surface area contributed by atoms with Crippen molar-refractivity contribution in [1.29, 1.82) is 0 Å². The van der Waals surface area contributed by atoms with E-state index in [1.54, 1.807) is 0 Å². The highest BCUT2D eigenvalue weighted by Gasteiger charge is 2.20. The van der Waals surface area contributed by atoms with Crippen molar-refractivity contribution in [2.45, 2.75) is 33.1 Å². The third kappa shape index (κ3) is 3.55. The van der Waals surface area contributed by atoms with E-state index < -0.39 is 0 Å². The average Bonchev–Trinajstić information content (AvgIpc) is 3.58. The van der Waals surface area contributed by atoms with Gasteiger partial charge in [0.15, 0.2) is 0 Å². The minimum atomic E-state index is 0.862. The van der Waals surface area contributed by atoms with Crippen molar-refractivity contribution in [3.63, 3.8) is 0 Å². The van der Waals surface area contributed by atoms with Gasteiger partial charge < -0.3 is 0 Å². The number of hydrogen-bond donors (Lipinski definition) is 0. The summed E-state index contributed by atoms with van der Waals surface area (Å²) >= 11 is 0. The lowest BCUT2D eigenvalue weighted by Gasteiger charge is -2.07. The molecule has 35 heavy (non-hydrogen) atoms. The quantitative estimate of drug-likeness (QED) is 0.307. The van der Waals surface area contributed by atoms with Gasteiger partial charge in [-0.1, -0.05) is 54.1 Å². The molecule has 0 fully saturated rings. The van der Waals surface area contributed by atoms with Crippen LogP contribution in [0.1, 0.15) is 40.3 Å². The Morgan fingerprint density at radius 1 is 0.457 bits per heavy atom. The van der Waals surface area contributed by atoms with Crippen LogP contribution in [0.2, 0.25) is 0 Å². The van der Waals surface area contributed by atoms with E-state index in [0.29, 0.717) is 0 Å². The van der Waals surface area contributed by atoms with Crippen LogP contribution in [0.15, 0.2) is 93.8 Å². The fraction of sp³-hybridized carbons (Fsp3) is 0.156. The summed E-state index contributed by atoms with van der Waals surface area (Å²) in [7, 11) is 0. The number of benzene rings is 4. The van der Waals surface area contributed by atoms with Crippen LogP contribution >= 0.6 is 0 Å². The first-order valence-corrected chi connectivity index (χ1v) is 12.2. The number of rotatable bonds is 3. The summed E-state index contributed by atoms with van der Waals surface area (Å²) < 4.78 is 0. The molecule has 0 atom stereocenters. The molecule has 4 aromatic rings. The second-order valence-electron chi connectivity index (χ2n) is 9.89. The Morgan fingerprint density at radius 3 is 1.51 bits per heavy atom. The van der Waals surface area contributed by atoms with E-state index >= 15 is 0 Å². The minimum absolute atomic E-state index is 0.862. The second-order valence-corrected chi connectivity index (χ2v) is 9.89. The fourth-order valence-corrected chi connectivity index (χ4v) is 5.44. The molecule has 0 spiro atoms. The molecule has 3 nitrogen and oxygen atoms in total. The zero-order valence-electron chi connectivity index (χ0n) is 20.0. The smallest absolute Gasteiger partial charge is 0.0669 e. The van der Waals surface area contributed by atoms with E-state index in [4.69, 9.17) is 9.98 Å². The summed E-state index contributed by atoms with van der Waals surface area (Å²) in [5.74, 6) is 0. The third-order valence-electron chi connectivity index (χ3n) is 7.26. The van der Waals surface area contributed by atoms with Gasteiger partial charge in [-0.25, -0.2) is 0 Å². The molecule has 4 aromatic carbocycles. The van der Waals surface area contributed by atoms with Gasteiger partial charge in [-0.15, -0.1) is 0 Å². The van der Waals surface area contributed by atoms with Gasteiger partial charge in [-0.05, 0) is 83.1 Å². The van der Waals surface area contributed by atoms with Crippen LogP contribution in [-0.2, 0) is 19.3 Å². The number of hydrogen-bond acceptors (Lipinski definition) is 3. The predicted molar refractivity (Wildman–Crippen MR) is 146 cm³/mol. The van der Waals surface area contributed by atoms with Crippen LogP contribution < -0.4 is 0 Å². The van der Waals surface area contributed by atoms with Crippen LogP contribution in [0.25, 0.3) is 11.1 Å². The summed E-state index contributed by atoms with van der Waals surface area (Å²) in [6.45, 7) is 4.24. The van der Waals surface area contributed by atoms with Crippen molar-refractivity contribution in [3.05, 3.63) is 112 Å². The summed E-state index contributed by atoms with van der Waals surface area (Å²) in [5.41, 5.74) is 16.9. The first-order valence-electron chi connectivity index (χ1n) is 12.2. The van der Waals surface area contributed by atoms with E-state index in [0.717, 1.165) is 47.7 Å². The van der Waals surface area contributed by atoms with E-state index in [9.17, 15) is 0 Å². The largest absolute Gasteiger partial charge is 0.257 e. The van der Waals surface area contributed by atoms with Crippen molar-refractivity contribution in [3.8, 4) is 11.1 Å². The maximum atomic E-state index is 4.96. The Hall–Kier alpha value is -4.11. The summed E-state index contributed by atoms with van der Waals surface area (Å²) in [5, 5.41) is 0. The predicted octanol–water partition coefficient (Wildman–Crippen LogP) is 7.66. The number of aryl methyl sites for hydroxylation is 1. The van der Waals surface area contributed by atoms with Gasteiger partial charge in [0.1, 0.15) is 0 Å². The standard InChI is InChI=1S/C32H25N3/c1-19-3-10-29-25(13-19)17-31(34-29)21-4-6-22(7-5-21)32-18-27-16-24(9-12-30(27)35-32)23-8-11-28-26(15-23)14-20(2)33-28/h3-13,15-16H,14,17-18H2,1-2H3. The first-order chi connectivity index (χ1) is 17.1. The van der Waals surface area contributed by atoms with E-state index in [-0.39, 0.29) is 0 Å². The lowest BCUT2D eigenvalue weighted by Crippen LogP contribution is -2.04. The maximum Gasteiger partial charge on any atom is 0.0669 e. The van der Waals surface area contributed by atoms with Crippen molar-refractivity contribution in [1.82, 2.24) is 0 Å². The second kappa shape index (κ2) is 7.71. The number of fused-ring (bicyclic) bond motifs is 3. The molecule has 0 unspecified atom stereocenters. The van der Waals surface area contributed by atoms with Crippen molar-refractivity contribution < 1.29 is 0 Å². The highest BCUT2D eigenvalue weighted by molar-refractivity contribution is 6.09. The Labute approximate surface area is 205 Å². The summed E-state index contributed by atoms with van der Waals surface area (Å²) in [6.07, 6.45) is 2.72. The molecule has 0 amide bonds. The zero-order valence-corrected chi connectivity index (χ0v) is 20.0. The van der Waals surface area contributed by atoms with Crippen molar-refractivity contribution in [2.75, 3.05) is 0 Å². The monoisotopic (exact) mass is 451 g/mol. The van der Waals surface area contributed by atoms with Crippen LogP contribution in [-0.4, -0.2) is 17.1 Å². The Morgan fingerprint density at radius 2 is 0.914 bits per heavy atom. The third-order valence-corrected chi connectivity index (χ3v) is 7.26. The molecular formula is C32H25N3. The Kier molecular flexibility index (Phi) is 4.47. The molecule has 3 aliphatic heterocycles. The molecule has 0 N–H and O–H groups in total. The van der Waals surface area contributed by atoms with Crippen molar-refractivity contribution >= 4 is 34.2 Å². The first kappa shape index (κ1) is 20.3. The molecule has 168 valence electrons.